The zero-order valence-electron chi connectivity index (χ0n) is 11.7. The summed E-state index contributed by atoms with van der Waals surface area (Å²) in [6, 6.07) is 2.23. The van der Waals surface area contributed by atoms with Crippen LogP contribution in [0.1, 0.15) is 24.6 Å². The Morgan fingerprint density at radius 1 is 1.32 bits per heavy atom. The van der Waals surface area contributed by atoms with Gasteiger partial charge in [0.25, 0.3) is 0 Å². The van der Waals surface area contributed by atoms with E-state index in [4.69, 9.17) is 0 Å². The fourth-order valence-electron chi connectivity index (χ4n) is 2.58. The fraction of sp³-hybridized carbons (Fsp3) is 0.615. The van der Waals surface area contributed by atoms with Gasteiger partial charge >= 0.3 is 0 Å². The molecule has 0 aromatic carbocycles. The van der Waals surface area contributed by atoms with E-state index in [1.807, 2.05) is 18.9 Å². The minimum absolute atomic E-state index is 0.114. The number of amides is 1. The Balaban J connectivity index is 2.24. The highest BCUT2D eigenvalue weighted by atomic mass is 16.2. The van der Waals surface area contributed by atoms with E-state index in [-0.39, 0.29) is 5.91 Å². The Labute approximate surface area is 113 Å². The van der Waals surface area contributed by atoms with E-state index in [9.17, 15) is 10.1 Å². The summed E-state index contributed by atoms with van der Waals surface area (Å²) in [6.45, 7) is 6.52. The van der Waals surface area contributed by atoms with E-state index in [0.717, 1.165) is 37.6 Å². The van der Waals surface area contributed by atoms with E-state index < -0.39 is 0 Å². The maximum Gasteiger partial charge on any atom is 0.219 e. The molecule has 0 aliphatic carbocycles. The van der Waals surface area contributed by atoms with Gasteiger partial charge in [-0.2, -0.15) is 10.4 Å². The van der Waals surface area contributed by atoms with Crippen LogP contribution >= 0.6 is 0 Å². The second kappa shape index (κ2) is 5.31. The SMILES string of the molecule is CC(=O)N1CCCN(c2c(C#N)c(C)nn2C)CC1. The molecule has 102 valence electrons. The number of nitriles is 1. The van der Waals surface area contributed by atoms with Gasteiger partial charge in [-0.15, -0.1) is 0 Å². The molecule has 2 heterocycles. The van der Waals surface area contributed by atoms with Crippen molar-refractivity contribution in [3.05, 3.63) is 11.3 Å². The number of aryl methyl sites for hydroxylation is 2. The van der Waals surface area contributed by atoms with Gasteiger partial charge in [0.2, 0.25) is 5.91 Å². The zero-order valence-corrected chi connectivity index (χ0v) is 11.7. The van der Waals surface area contributed by atoms with Gasteiger partial charge in [0, 0.05) is 40.2 Å². The number of carbonyl (C=O) groups excluding carboxylic acids is 1. The lowest BCUT2D eigenvalue weighted by Gasteiger charge is -2.23. The largest absolute Gasteiger partial charge is 0.354 e. The molecule has 0 unspecified atom stereocenters. The molecule has 19 heavy (non-hydrogen) atoms. The first-order chi connectivity index (χ1) is 9.04. The Morgan fingerprint density at radius 3 is 2.68 bits per heavy atom. The smallest absolute Gasteiger partial charge is 0.219 e. The lowest BCUT2D eigenvalue weighted by Crippen LogP contribution is -2.34. The normalized spacial score (nSPS) is 16.1. The number of hydrogen-bond acceptors (Lipinski definition) is 4. The summed E-state index contributed by atoms with van der Waals surface area (Å²) in [7, 11) is 1.86. The predicted molar refractivity (Wildman–Crippen MR) is 71.7 cm³/mol. The average Bonchev–Trinajstić information content (AvgIpc) is 2.56. The van der Waals surface area contributed by atoms with Crippen LogP contribution in [0, 0.1) is 18.3 Å². The summed E-state index contributed by atoms with van der Waals surface area (Å²) >= 11 is 0. The molecule has 2 rings (SSSR count). The summed E-state index contributed by atoms with van der Waals surface area (Å²) in [5.74, 6) is 0.981. The summed E-state index contributed by atoms with van der Waals surface area (Å²) in [5.41, 5.74) is 1.39. The number of carbonyl (C=O) groups is 1. The molecular formula is C13H19N5O. The van der Waals surface area contributed by atoms with E-state index in [2.05, 4.69) is 16.1 Å². The van der Waals surface area contributed by atoms with Gasteiger partial charge in [-0.3, -0.25) is 9.48 Å². The minimum Gasteiger partial charge on any atom is -0.354 e. The highest BCUT2D eigenvalue weighted by Gasteiger charge is 2.22. The minimum atomic E-state index is 0.114. The van der Waals surface area contributed by atoms with Crippen molar-refractivity contribution in [3.8, 4) is 6.07 Å². The molecule has 0 N–H and O–H groups in total. The second-order valence-corrected chi connectivity index (χ2v) is 4.87. The third kappa shape index (κ3) is 2.55. The maximum atomic E-state index is 11.4. The lowest BCUT2D eigenvalue weighted by molar-refractivity contribution is -0.128. The first-order valence-corrected chi connectivity index (χ1v) is 6.48. The zero-order chi connectivity index (χ0) is 14.0. The molecule has 1 aromatic heterocycles. The molecule has 1 saturated heterocycles. The van der Waals surface area contributed by atoms with Gasteiger partial charge in [-0.05, 0) is 13.3 Å². The van der Waals surface area contributed by atoms with Crippen molar-refractivity contribution in [3.63, 3.8) is 0 Å². The first-order valence-electron chi connectivity index (χ1n) is 6.48. The summed E-state index contributed by atoms with van der Waals surface area (Å²) in [5, 5.41) is 13.6. The third-order valence-electron chi connectivity index (χ3n) is 3.54. The Bertz CT molecular complexity index is 528. The molecule has 6 heteroatoms. The summed E-state index contributed by atoms with van der Waals surface area (Å²) in [6.07, 6.45) is 0.911. The molecular weight excluding hydrogens is 242 g/mol. The lowest BCUT2D eigenvalue weighted by atomic mass is 10.2. The third-order valence-corrected chi connectivity index (χ3v) is 3.54. The van der Waals surface area contributed by atoms with Gasteiger partial charge in [0.05, 0.1) is 5.69 Å². The molecule has 0 bridgehead atoms. The van der Waals surface area contributed by atoms with Crippen LogP contribution in [0.4, 0.5) is 5.82 Å². The van der Waals surface area contributed by atoms with Crippen molar-refractivity contribution in [2.24, 2.45) is 7.05 Å². The molecule has 1 aliphatic heterocycles. The van der Waals surface area contributed by atoms with Crippen LogP contribution in [-0.2, 0) is 11.8 Å². The molecule has 1 aliphatic rings. The Morgan fingerprint density at radius 2 is 2.05 bits per heavy atom. The van der Waals surface area contributed by atoms with Gasteiger partial charge < -0.3 is 9.80 Å². The van der Waals surface area contributed by atoms with Crippen molar-refractivity contribution >= 4 is 11.7 Å². The van der Waals surface area contributed by atoms with Crippen molar-refractivity contribution in [2.45, 2.75) is 20.3 Å². The molecule has 6 nitrogen and oxygen atoms in total. The standard InChI is InChI=1S/C13H19N5O/c1-10-12(9-14)13(16(3)15-10)18-6-4-5-17(7-8-18)11(2)19/h4-8H2,1-3H3. The molecule has 1 aromatic rings. The van der Waals surface area contributed by atoms with Crippen LogP contribution in [0.2, 0.25) is 0 Å². The van der Waals surface area contributed by atoms with Crippen molar-refractivity contribution in [2.75, 3.05) is 31.1 Å². The summed E-state index contributed by atoms with van der Waals surface area (Å²) in [4.78, 5) is 15.4. The second-order valence-electron chi connectivity index (χ2n) is 4.87. The van der Waals surface area contributed by atoms with E-state index in [1.54, 1.807) is 11.6 Å². The molecule has 0 radical (unpaired) electrons. The van der Waals surface area contributed by atoms with Crippen LogP contribution in [0.5, 0.6) is 0 Å². The monoisotopic (exact) mass is 261 g/mol. The van der Waals surface area contributed by atoms with Crippen molar-refractivity contribution in [1.29, 1.82) is 5.26 Å². The predicted octanol–water partition coefficient (Wildman–Crippen LogP) is 0.659. The van der Waals surface area contributed by atoms with Gasteiger partial charge in [-0.25, -0.2) is 0 Å². The van der Waals surface area contributed by atoms with Crippen LogP contribution < -0.4 is 4.90 Å². The Hall–Kier alpha value is -2.03. The van der Waals surface area contributed by atoms with Crippen molar-refractivity contribution < 1.29 is 4.79 Å². The van der Waals surface area contributed by atoms with Gasteiger partial charge in [0.15, 0.2) is 0 Å². The molecule has 0 saturated carbocycles. The van der Waals surface area contributed by atoms with E-state index in [1.165, 1.54) is 0 Å². The quantitative estimate of drug-likeness (QED) is 0.745. The van der Waals surface area contributed by atoms with Crippen LogP contribution in [0.3, 0.4) is 0 Å². The Kier molecular flexibility index (Phi) is 3.74. The fourth-order valence-corrected chi connectivity index (χ4v) is 2.58. The van der Waals surface area contributed by atoms with E-state index in [0.29, 0.717) is 12.1 Å². The highest BCUT2D eigenvalue weighted by molar-refractivity contribution is 5.73. The van der Waals surface area contributed by atoms with E-state index >= 15 is 0 Å². The number of hydrogen-bond donors (Lipinski definition) is 0. The van der Waals surface area contributed by atoms with Crippen molar-refractivity contribution in [1.82, 2.24) is 14.7 Å². The first kappa shape index (κ1) is 13.4. The topological polar surface area (TPSA) is 65.2 Å². The van der Waals surface area contributed by atoms with Gasteiger partial charge in [-0.1, -0.05) is 0 Å². The number of aromatic nitrogens is 2. The number of anilines is 1. The van der Waals surface area contributed by atoms with Crippen LogP contribution in [-0.4, -0.2) is 46.8 Å². The number of nitrogens with zero attached hydrogens (tertiary/aromatic N) is 5. The van der Waals surface area contributed by atoms with Crippen LogP contribution in [0.25, 0.3) is 0 Å². The molecule has 0 spiro atoms. The highest BCUT2D eigenvalue weighted by Crippen LogP contribution is 2.23. The number of rotatable bonds is 1. The maximum absolute atomic E-state index is 11.4. The van der Waals surface area contributed by atoms with Crippen LogP contribution in [0.15, 0.2) is 0 Å². The molecule has 0 atom stereocenters. The average molecular weight is 261 g/mol. The summed E-state index contributed by atoms with van der Waals surface area (Å²) < 4.78 is 1.76. The van der Waals surface area contributed by atoms with Gasteiger partial charge in [0.1, 0.15) is 17.5 Å². The molecule has 1 fully saturated rings. The molecule has 1 amide bonds.